The fourth-order valence-corrected chi connectivity index (χ4v) is 2.29. The van der Waals surface area contributed by atoms with Crippen LogP contribution in [0.25, 0.3) is 10.8 Å². The van der Waals surface area contributed by atoms with Crippen LogP contribution in [-0.4, -0.2) is 13.0 Å². The molecule has 0 saturated heterocycles. The Kier molecular flexibility index (Phi) is 4.31. The summed E-state index contributed by atoms with van der Waals surface area (Å²) >= 11 is 0. The fraction of sp³-hybridized carbons (Fsp3) is 0. The van der Waals surface area contributed by atoms with Crippen molar-refractivity contribution in [1.82, 2.24) is 0 Å². The van der Waals surface area contributed by atoms with Crippen molar-refractivity contribution < 1.29 is 42.5 Å². The maximum Gasteiger partial charge on any atom is 1.00 e. The molecule has 0 aliphatic rings. The largest absolute Gasteiger partial charge is 1.00 e. The van der Waals surface area contributed by atoms with E-state index in [4.69, 9.17) is 9.81 Å². The van der Waals surface area contributed by atoms with Crippen molar-refractivity contribution in [3.05, 3.63) is 42.0 Å². The van der Waals surface area contributed by atoms with E-state index in [1.54, 1.807) is 24.3 Å². The van der Waals surface area contributed by atoms with Crippen LogP contribution in [0.15, 0.2) is 41.3 Å². The van der Waals surface area contributed by atoms with Gasteiger partial charge in [-0.2, -0.15) is 13.7 Å². The predicted octanol–water partition coefficient (Wildman–Crippen LogP) is -1.04. The van der Waals surface area contributed by atoms with E-state index < -0.39 is 10.1 Å². The molecule has 0 amide bonds. The minimum absolute atomic E-state index is 0. The molecule has 2 rings (SSSR count). The molecule has 4 nitrogen and oxygen atoms in total. The van der Waals surface area contributed by atoms with E-state index >= 15 is 0 Å². The molecule has 0 unspecified atom stereocenters. The Morgan fingerprint density at radius 2 is 1.65 bits per heavy atom. The number of nitrogens with zero attached hydrogens (tertiary/aromatic N) is 1. The molecular formula is C11H7NNaO3S+. The van der Waals surface area contributed by atoms with Gasteiger partial charge in [0, 0.05) is 10.8 Å². The monoisotopic (exact) mass is 256 g/mol. The molecule has 80 valence electrons. The molecule has 2 aromatic rings. The van der Waals surface area contributed by atoms with Crippen LogP contribution in [0.4, 0.5) is 0 Å². The number of benzene rings is 2. The quantitative estimate of drug-likeness (QED) is 0.522. The van der Waals surface area contributed by atoms with Gasteiger partial charge in [0.15, 0.2) is 0 Å². The van der Waals surface area contributed by atoms with Crippen LogP contribution in [0.3, 0.4) is 0 Å². The molecule has 0 fully saturated rings. The summed E-state index contributed by atoms with van der Waals surface area (Å²) in [7, 11) is -4.26. The molecule has 0 saturated carbocycles. The average molecular weight is 256 g/mol. The summed E-state index contributed by atoms with van der Waals surface area (Å²) in [5, 5.41) is 9.73. The zero-order chi connectivity index (χ0) is 11.8. The molecule has 6 heteroatoms. The number of rotatable bonds is 1. The van der Waals surface area contributed by atoms with Gasteiger partial charge in [0.1, 0.15) is 4.90 Å². The number of fused-ring (bicyclic) bond motifs is 1. The first-order valence-electron chi connectivity index (χ1n) is 4.43. The first kappa shape index (κ1) is 14.2. The summed E-state index contributed by atoms with van der Waals surface area (Å²) < 4.78 is 31.3. The van der Waals surface area contributed by atoms with Gasteiger partial charge in [-0.05, 0) is 12.1 Å². The normalized spacial score (nSPS) is 10.6. The summed E-state index contributed by atoms with van der Waals surface area (Å²) in [6.45, 7) is 0. The second-order valence-corrected chi connectivity index (χ2v) is 4.63. The molecule has 0 aliphatic carbocycles. The maximum atomic E-state index is 11.1. The van der Waals surface area contributed by atoms with Gasteiger partial charge in [0.25, 0.3) is 10.1 Å². The second kappa shape index (κ2) is 5.17. The summed E-state index contributed by atoms with van der Waals surface area (Å²) in [5.41, 5.74) is 0.378. The molecule has 0 aliphatic heterocycles. The van der Waals surface area contributed by atoms with Gasteiger partial charge in [-0.1, -0.05) is 24.3 Å². The van der Waals surface area contributed by atoms with Crippen molar-refractivity contribution in [1.29, 1.82) is 5.26 Å². The Hall–Kier alpha value is -0.900. The van der Waals surface area contributed by atoms with Crippen molar-refractivity contribution in [2.24, 2.45) is 0 Å². The second-order valence-electron chi connectivity index (χ2n) is 3.24. The van der Waals surface area contributed by atoms with Crippen LogP contribution in [0.1, 0.15) is 5.56 Å². The minimum Gasteiger partial charge on any atom is -0.282 e. The molecule has 0 radical (unpaired) electrons. The molecule has 17 heavy (non-hydrogen) atoms. The van der Waals surface area contributed by atoms with Gasteiger partial charge in [0.05, 0.1) is 11.6 Å². The first-order chi connectivity index (χ1) is 7.54. The van der Waals surface area contributed by atoms with E-state index in [0.29, 0.717) is 16.3 Å². The van der Waals surface area contributed by atoms with Gasteiger partial charge < -0.3 is 0 Å². The van der Waals surface area contributed by atoms with Gasteiger partial charge >= 0.3 is 29.6 Å². The minimum atomic E-state index is -4.26. The Bertz CT molecular complexity index is 704. The van der Waals surface area contributed by atoms with Crippen LogP contribution < -0.4 is 29.6 Å². The van der Waals surface area contributed by atoms with Crippen LogP contribution in [0.2, 0.25) is 0 Å². The van der Waals surface area contributed by atoms with E-state index in [2.05, 4.69) is 0 Å². The van der Waals surface area contributed by atoms with Crippen molar-refractivity contribution in [2.75, 3.05) is 0 Å². The van der Waals surface area contributed by atoms with Crippen LogP contribution in [-0.2, 0) is 10.1 Å². The first-order valence-corrected chi connectivity index (χ1v) is 5.87. The maximum absolute atomic E-state index is 11.1. The summed E-state index contributed by atoms with van der Waals surface area (Å²) in [6, 6.07) is 11.1. The predicted molar refractivity (Wildman–Crippen MR) is 58.5 cm³/mol. The van der Waals surface area contributed by atoms with Crippen LogP contribution >= 0.6 is 0 Å². The van der Waals surface area contributed by atoms with Crippen molar-refractivity contribution in [3.63, 3.8) is 0 Å². The molecule has 2 aromatic carbocycles. The van der Waals surface area contributed by atoms with E-state index in [0.717, 1.165) is 0 Å². The van der Waals surface area contributed by atoms with Gasteiger partial charge in [-0.25, -0.2) is 0 Å². The van der Waals surface area contributed by atoms with Gasteiger partial charge in [-0.3, -0.25) is 4.55 Å². The van der Waals surface area contributed by atoms with E-state index in [9.17, 15) is 8.42 Å². The molecule has 0 heterocycles. The van der Waals surface area contributed by atoms with Crippen molar-refractivity contribution >= 4 is 20.9 Å². The fourth-order valence-electron chi connectivity index (χ4n) is 1.59. The standard InChI is InChI=1S/C11H7NO3S.Na/c12-7-8-5-6-11(16(13,14)15)10-4-2-1-3-9(8)10;/h1-6H,(H,13,14,15);/q;+1. The van der Waals surface area contributed by atoms with Gasteiger partial charge in [-0.15, -0.1) is 0 Å². The third-order valence-corrected chi connectivity index (χ3v) is 3.19. The third kappa shape index (κ3) is 2.68. The summed E-state index contributed by atoms with van der Waals surface area (Å²) in [5.74, 6) is 0. The zero-order valence-corrected chi connectivity index (χ0v) is 11.9. The van der Waals surface area contributed by atoms with Crippen molar-refractivity contribution in [3.8, 4) is 6.07 Å². The molecule has 0 aromatic heterocycles. The summed E-state index contributed by atoms with van der Waals surface area (Å²) in [4.78, 5) is -0.179. The smallest absolute Gasteiger partial charge is 0.282 e. The number of nitriles is 1. The Morgan fingerprint density at radius 1 is 1.06 bits per heavy atom. The average Bonchev–Trinajstić information content (AvgIpc) is 2.26. The summed E-state index contributed by atoms with van der Waals surface area (Å²) in [6.07, 6.45) is 0. The van der Waals surface area contributed by atoms with Crippen molar-refractivity contribution in [2.45, 2.75) is 4.90 Å². The van der Waals surface area contributed by atoms with E-state index in [-0.39, 0.29) is 34.5 Å². The SMILES string of the molecule is N#Cc1ccc(S(=O)(=O)O)c2ccccc12.[Na+]. The topological polar surface area (TPSA) is 78.2 Å². The Balaban J connectivity index is 0.00000144. The van der Waals surface area contributed by atoms with Gasteiger partial charge in [0.2, 0.25) is 0 Å². The van der Waals surface area contributed by atoms with Crippen LogP contribution in [0, 0.1) is 11.3 Å². The number of hydrogen-bond acceptors (Lipinski definition) is 3. The Labute approximate surface area is 121 Å². The molecule has 0 spiro atoms. The molecule has 0 bridgehead atoms. The van der Waals surface area contributed by atoms with E-state index in [1.165, 1.54) is 12.1 Å². The Morgan fingerprint density at radius 3 is 2.18 bits per heavy atom. The molecular weight excluding hydrogens is 249 g/mol. The number of hydrogen-bond donors (Lipinski definition) is 1. The molecule has 0 atom stereocenters. The van der Waals surface area contributed by atoms with E-state index in [1.807, 2.05) is 6.07 Å². The van der Waals surface area contributed by atoms with Crippen LogP contribution in [0.5, 0.6) is 0 Å². The molecule has 1 N–H and O–H groups in total. The third-order valence-electron chi connectivity index (χ3n) is 2.28. The zero-order valence-electron chi connectivity index (χ0n) is 9.08.